The van der Waals surface area contributed by atoms with Crippen LogP contribution in [0, 0.1) is 6.92 Å². The van der Waals surface area contributed by atoms with E-state index in [1.807, 2.05) is 30.9 Å². The molecule has 0 saturated heterocycles. The quantitative estimate of drug-likeness (QED) is 0.887. The van der Waals surface area contributed by atoms with E-state index in [1.165, 1.54) is 0 Å². The van der Waals surface area contributed by atoms with Gasteiger partial charge in [0.05, 0.1) is 18.9 Å². The first-order valence-corrected chi connectivity index (χ1v) is 6.08. The van der Waals surface area contributed by atoms with Gasteiger partial charge in [-0.25, -0.2) is 9.07 Å². The van der Waals surface area contributed by atoms with Crippen LogP contribution in [0.1, 0.15) is 18.1 Å². The summed E-state index contributed by atoms with van der Waals surface area (Å²) in [5.74, 6) is 0.872. The van der Waals surface area contributed by atoms with Gasteiger partial charge in [0, 0.05) is 30.4 Å². The number of halogens is 2. The van der Waals surface area contributed by atoms with Gasteiger partial charge in [-0.1, -0.05) is 0 Å². The van der Waals surface area contributed by atoms with E-state index >= 15 is 0 Å². The number of aryl methyl sites for hydroxylation is 3. The third kappa shape index (κ3) is 3.70. The van der Waals surface area contributed by atoms with Crippen molar-refractivity contribution < 1.29 is 4.39 Å². The Hall–Kier alpha value is -1.56. The normalized spacial score (nSPS) is 10.3. The summed E-state index contributed by atoms with van der Waals surface area (Å²) in [7, 11) is 0. The third-order valence-electron chi connectivity index (χ3n) is 2.79. The molecule has 2 aromatic heterocycles. The van der Waals surface area contributed by atoms with E-state index < -0.39 is 6.67 Å². The van der Waals surface area contributed by atoms with Crippen molar-refractivity contribution in [3.63, 3.8) is 0 Å². The molecule has 7 heteroatoms. The number of anilines is 1. The van der Waals surface area contributed by atoms with Crippen molar-refractivity contribution in [2.45, 2.75) is 33.5 Å². The number of nitrogens with one attached hydrogen (secondary N) is 1. The number of rotatable bonds is 6. The molecule has 0 atom stereocenters. The van der Waals surface area contributed by atoms with Crippen molar-refractivity contribution in [3.8, 4) is 0 Å². The second kappa shape index (κ2) is 7.13. The summed E-state index contributed by atoms with van der Waals surface area (Å²) in [6.07, 6.45) is 5.58. The Balaban J connectivity index is 0.00000180. The van der Waals surface area contributed by atoms with Crippen LogP contribution in [-0.4, -0.2) is 26.2 Å². The molecular weight excluding hydrogens is 269 g/mol. The predicted octanol–water partition coefficient (Wildman–Crippen LogP) is 2.41. The van der Waals surface area contributed by atoms with Gasteiger partial charge in [0.2, 0.25) is 0 Å². The highest BCUT2D eigenvalue weighted by Gasteiger charge is 2.07. The molecule has 0 spiro atoms. The van der Waals surface area contributed by atoms with Crippen molar-refractivity contribution in [2.24, 2.45) is 0 Å². The molecule has 0 fully saturated rings. The Labute approximate surface area is 118 Å². The lowest BCUT2D eigenvalue weighted by atomic mass is 10.3. The molecule has 0 aliphatic heterocycles. The highest BCUT2D eigenvalue weighted by atomic mass is 35.5. The molecule has 0 amide bonds. The lowest BCUT2D eigenvalue weighted by Gasteiger charge is -2.08. The minimum atomic E-state index is -0.413. The smallest absolute Gasteiger partial charge is 0.127 e. The van der Waals surface area contributed by atoms with Crippen LogP contribution in [0.15, 0.2) is 18.6 Å². The summed E-state index contributed by atoms with van der Waals surface area (Å²) in [6, 6.07) is 0. The fraction of sp³-hybridized carbons (Fsp3) is 0.500. The van der Waals surface area contributed by atoms with Gasteiger partial charge in [-0.05, 0) is 13.8 Å². The molecule has 0 aromatic carbocycles. The number of nitrogens with zero attached hydrogens (tertiary/aromatic N) is 4. The molecule has 19 heavy (non-hydrogen) atoms. The van der Waals surface area contributed by atoms with Crippen molar-refractivity contribution in [3.05, 3.63) is 29.7 Å². The van der Waals surface area contributed by atoms with E-state index in [0.717, 1.165) is 23.5 Å². The maximum atomic E-state index is 12.4. The summed E-state index contributed by atoms with van der Waals surface area (Å²) in [4.78, 5) is 0. The first-order chi connectivity index (χ1) is 8.74. The third-order valence-corrected chi connectivity index (χ3v) is 2.79. The Morgan fingerprint density at radius 1 is 1.32 bits per heavy atom. The van der Waals surface area contributed by atoms with E-state index in [4.69, 9.17) is 0 Å². The van der Waals surface area contributed by atoms with Crippen LogP contribution in [0.5, 0.6) is 0 Å². The minimum Gasteiger partial charge on any atom is -0.366 e. The zero-order chi connectivity index (χ0) is 13.0. The number of hydrogen-bond acceptors (Lipinski definition) is 3. The summed E-state index contributed by atoms with van der Waals surface area (Å²) in [5, 5.41) is 11.6. The Morgan fingerprint density at radius 2 is 2.11 bits per heavy atom. The first-order valence-electron chi connectivity index (χ1n) is 6.08. The minimum absolute atomic E-state index is 0. The molecule has 0 saturated carbocycles. The van der Waals surface area contributed by atoms with Crippen LogP contribution < -0.4 is 5.32 Å². The average molecular weight is 288 g/mol. The molecule has 0 aliphatic carbocycles. The van der Waals surface area contributed by atoms with Gasteiger partial charge in [0.25, 0.3) is 0 Å². The lowest BCUT2D eigenvalue weighted by Crippen LogP contribution is -2.09. The van der Waals surface area contributed by atoms with E-state index in [9.17, 15) is 4.39 Å². The molecule has 0 unspecified atom stereocenters. The van der Waals surface area contributed by atoms with Gasteiger partial charge in [0.1, 0.15) is 12.5 Å². The second-order valence-electron chi connectivity index (χ2n) is 4.15. The maximum absolute atomic E-state index is 12.4. The topological polar surface area (TPSA) is 47.7 Å². The molecule has 0 radical (unpaired) electrons. The molecule has 1 N–H and O–H groups in total. The Morgan fingerprint density at radius 3 is 2.74 bits per heavy atom. The van der Waals surface area contributed by atoms with Gasteiger partial charge in [0.15, 0.2) is 0 Å². The van der Waals surface area contributed by atoms with E-state index in [1.54, 1.807) is 10.9 Å². The highest BCUT2D eigenvalue weighted by Crippen LogP contribution is 2.15. The number of alkyl halides is 1. The van der Waals surface area contributed by atoms with E-state index in [-0.39, 0.29) is 19.0 Å². The van der Waals surface area contributed by atoms with E-state index in [0.29, 0.717) is 6.54 Å². The molecule has 2 rings (SSSR count). The molecule has 0 bridgehead atoms. The van der Waals surface area contributed by atoms with Gasteiger partial charge in [-0.2, -0.15) is 10.2 Å². The van der Waals surface area contributed by atoms with Crippen LogP contribution in [0.25, 0.3) is 0 Å². The Bertz CT molecular complexity index is 508. The summed E-state index contributed by atoms with van der Waals surface area (Å²) in [5.41, 5.74) is 2.12. The predicted molar refractivity (Wildman–Crippen MR) is 75.4 cm³/mol. The molecule has 2 heterocycles. The van der Waals surface area contributed by atoms with Crippen molar-refractivity contribution in [2.75, 3.05) is 12.0 Å². The van der Waals surface area contributed by atoms with Gasteiger partial charge in [-0.3, -0.25) is 4.68 Å². The molecular formula is C12H19ClFN5. The van der Waals surface area contributed by atoms with Crippen LogP contribution in [-0.2, 0) is 19.6 Å². The van der Waals surface area contributed by atoms with Gasteiger partial charge < -0.3 is 5.32 Å². The fourth-order valence-corrected chi connectivity index (χ4v) is 1.82. The zero-order valence-corrected chi connectivity index (χ0v) is 12.0. The standard InChI is InChI=1S/C12H18FN5.ClH/c1-3-17-9-11(8-15-17)7-14-12-10(2)6-16-18(12)5-4-13;/h6,8-9,14H,3-5,7H2,1-2H3;1H. The molecule has 0 aliphatic rings. The van der Waals surface area contributed by atoms with Crippen LogP contribution in [0.3, 0.4) is 0 Å². The SMILES string of the molecule is CCn1cc(CNc2c(C)cnn2CCF)cn1.Cl. The van der Waals surface area contributed by atoms with Crippen LogP contribution >= 0.6 is 12.4 Å². The summed E-state index contributed by atoms with van der Waals surface area (Å²) >= 11 is 0. The number of hydrogen-bond donors (Lipinski definition) is 1. The van der Waals surface area contributed by atoms with Crippen molar-refractivity contribution in [1.82, 2.24) is 19.6 Å². The van der Waals surface area contributed by atoms with Crippen LogP contribution in [0.2, 0.25) is 0 Å². The molecule has 5 nitrogen and oxygen atoms in total. The molecule has 106 valence electrons. The van der Waals surface area contributed by atoms with Crippen molar-refractivity contribution in [1.29, 1.82) is 0 Å². The second-order valence-corrected chi connectivity index (χ2v) is 4.15. The fourth-order valence-electron chi connectivity index (χ4n) is 1.82. The number of aromatic nitrogens is 4. The highest BCUT2D eigenvalue weighted by molar-refractivity contribution is 5.85. The first kappa shape index (κ1) is 15.5. The summed E-state index contributed by atoms with van der Waals surface area (Å²) < 4.78 is 15.9. The maximum Gasteiger partial charge on any atom is 0.127 e. The summed E-state index contributed by atoms with van der Waals surface area (Å²) in [6.45, 7) is 5.40. The monoisotopic (exact) mass is 287 g/mol. The zero-order valence-electron chi connectivity index (χ0n) is 11.1. The van der Waals surface area contributed by atoms with Crippen molar-refractivity contribution >= 4 is 18.2 Å². The van der Waals surface area contributed by atoms with Gasteiger partial charge >= 0.3 is 0 Å². The van der Waals surface area contributed by atoms with Gasteiger partial charge in [-0.15, -0.1) is 12.4 Å². The lowest BCUT2D eigenvalue weighted by molar-refractivity contribution is 0.429. The van der Waals surface area contributed by atoms with E-state index in [2.05, 4.69) is 15.5 Å². The largest absolute Gasteiger partial charge is 0.366 e. The molecule has 2 aromatic rings. The Kier molecular flexibility index (Phi) is 5.82. The van der Waals surface area contributed by atoms with Crippen LogP contribution in [0.4, 0.5) is 10.2 Å². The average Bonchev–Trinajstić information content (AvgIpc) is 2.95.